The Morgan fingerprint density at radius 1 is 1.05 bits per heavy atom. The van der Waals surface area contributed by atoms with Gasteiger partial charge in [0.25, 0.3) is 5.91 Å². The van der Waals surface area contributed by atoms with Crippen molar-refractivity contribution in [2.45, 2.75) is 20.4 Å². The highest BCUT2D eigenvalue weighted by Crippen LogP contribution is 2.36. The predicted molar refractivity (Wildman–Crippen MR) is 154 cm³/mol. The van der Waals surface area contributed by atoms with Crippen LogP contribution < -0.4 is 20.5 Å². The average Bonchev–Trinajstić information content (AvgIpc) is 3.42. The molecule has 0 unspecified atom stereocenters. The number of carbonyl (C=O) groups excluding carboxylic acids is 1. The highest BCUT2D eigenvalue weighted by atomic mass is 32.2. The van der Waals surface area contributed by atoms with Crippen molar-refractivity contribution >= 4 is 51.4 Å². The van der Waals surface area contributed by atoms with Gasteiger partial charge in [0, 0.05) is 52.7 Å². The first-order valence-electron chi connectivity index (χ1n) is 12.6. The SMILES string of the molecule is CCOc1cc2nc(CN3CCSCC3)nc(Nc3cccc(-c4csc(C(N)=O)n4)c3)c2cc1OCC. The van der Waals surface area contributed by atoms with E-state index in [0.29, 0.717) is 42.8 Å². The summed E-state index contributed by atoms with van der Waals surface area (Å²) in [6, 6.07) is 11.7. The van der Waals surface area contributed by atoms with Crippen molar-refractivity contribution < 1.29 is 14.3 Å². The number of ether oxygens (including phenoxy) is 2. The molecule has 9 nitrogen and oxygen atoms in total. The Morgan fingerprint density at radius 3 is 2.53 bits per heavy atom. The fourth-order valence-electron chi connectivity index (χ4n) is 4.26. The molecular weight excluding hydrogens is 520 g/mol. The molecule has 5 rings (SSSR count). The lowest BCUT2D eigenvalue weighted by atomic mass is 10.1. The van der Waals surface area contributed by atoms with Gasteiger partial charge in [-0.25, -0.2) is 15.0 Å². The topological polar surface area (TPSA) is 115 Å². The molecule has 1 saturated heterocycles. The zero-order chi connectivity index (χ0) is 26.5. The summed E-state index contributed by atoms with van der Waals surface area (Å²) in [6.07, 6.45) is 0. The average molecular weight is 551 g/mol. The first-order chi connectivity index (χ1) is 18.5. The summed E-state index contributed by atoms with van der Waals surface area (Å²) in [5, 5.41) is 6.45. The molecule has 38 heavy (non-hydrogen) atoms. The molecule has 2 aromatic carbocycles. The van der Waals surface area contributed by atoms with Gasteiger partial charge in [0.15, 0.2) is 16.5 Å². The van der Waals surface area contributed by atoms with E-state index in [1.807, 2.05) is 67.4 Å². The minimum atomic E-state index is -0.528. The van der Waals surface area contributed by atoms with Crippen molar-refractivity contribution in [1.82, 2.24) is 19.9 Å². The van der Waals surface area contributed by atoms with Crippen LogP contribution in [0.2, 0.25) is 0 Å². The summed E-state index contributed by atoms with van der Waals surface area (Å²) in [6.45, 7) is 7.66. The molecular formula is C27H30N6O3S2. The normalized spacial score (nSPS) is 13.9. The van der Waals surface area contributed by atoms with Crippen LogP contribution in [0.5, 0.6) is 11.5 Å². The number of hydrogen-bond acceptors (Lipinski definition) is 10. The molecule has 2 aromatic heterocycles. The summed E-state index contributed by atoms with van der Waals surface area (Å²) in [7, 11) is 0. The van der Waals surface area contributed by atoms with Gasteiger partial charge in [-0.1, -0.05) is 12.1 Å². The van der Waals surface area contributed by atoms with Crippen molar-refractivity contribution in [3.63, 3.8) is 0 Å². The lowest BCUT2D eigenvalue weighted by molar-refractivity contribution is 0.1000. The Bertz CT molecular complexity index is 1440. The summed E-state index contributed by atoms with van der Waals surface area (Å²) in [4.78, 5) is 28.1. The number of nitrogens with one attached hydrogen (secondary N) is 1. The minimum Gasteiger partial charge on any atom is -0.490 e. The van der Waals surface area contributed by atoms with E-state index in [4.69, 9.17) is 25.2 Å². The number of primary amides is 1. The van der Waals surface area contributed by atoms with Gasteiger partial charge in [-0.15, -0.1) is 11.3 Å². The second-order valence-electron chi connectivity index (χ2n) is 8.67. The van der Waals surface area contributed by atoms with Crippen LogP contribution in [0.25, 0.3) is 22.2 Å². The molecule has 1 fully saturated rings. The van der Waals surface area contributed by atoms with E-state index in [0.717, 1.165) is 52.6 Å². The number of carbonyl (C=O) groups is 1. The largest absolute Gasteiger partial charge is 0.490 e. The molecule has 1 aliphatic heterocycles. The Morgan fingerprint density at radius 2 is 1.82 bits per heavy atom. The molecule has 0 radical (unpaired) electrons. The Kier molecular flexibility index (Phi) is 8.26. The molecule has 198 valence electrons. The van der Waals surface area contributed by atoms with Gasteiger partial charge in [-0.2, -0.15) is 11.8 Å². The monoisotopic (exact) mass is 550 g/mol. The molecule has 4 aromatic rings. The maximum atomic E-state index is 11.5. The third-order valence-corrected chi connectivity index (χ3v) is 7.81. The number of anilines is 2. The Labute approximate surface area is 229 Å². The number of thioether (sulfide) groups is 1. The predicted octanol–water partition coefficient (Wildman–Crippen LogP) is 4.94. The van der Waals surface area contributed by atoms with E-state index in [1.54, 1.807) is 0 Å². The van der Waals surface area contributed by atoms with Crippen LogP contribution in [0.4, 0.5) is 11.5 Å². The number of amides is 1. The van der Waals surface area contributed by atoms with Crippen molar-refractivity contribution in [1.29, 1.82) is 0 Å². The van der Waals surface area contributed by atoms with Gasteiger partial charge < -0.3 is 20.5 Å². The van der Waals surface area contributed by atoms with Crippen LogP contribution in [-0.2, 0) is 6.54 Å². The summed E-state index contributed by atoms with van der Waals surface area (Å²) in [5.41, 5.74) is 8.59. The first kappa shape index (κ1) is 26.2. The van der Waals surface area contributed by atoms with Gasteiger partial charge in [0.1, 0.15) is 11.6 Å². The number of aromatic nitrogens is 3. The highest BCUT2D eigenvalue weighted by molar-refractivity contribution is 7.99. The van der Waals surface area contributed by atoms with Crippen molar-refractivity contribution in [2.75, 3.05) is 43.1 Å². The zero-order valence-corrected chi connectivity index (χ0v) is 23.0. The summed E-state index contributed by atoms with van der Waals surface area (Å²) >= 11 is 3.21. The number of hydrogen-bond donors (Lipinski definition) is 2. The molecule has 1 amide bonds. The van der Waals surface area contributed by atoms with E-state index in [9.17, 15) is 4.79 Å². The minimum absolute atomic E-state index is 0.287. The van der Waals surface area contributed by atoms with E-state index in [1.165, 1.54) is 11.3 Å². The highest BCUT2D eigenvalue weighted by Gasteiger charge is 2.18. The van der Waals surface area contributed by atoms with E-state index >= 15 is 0 Å². The third kappa shape index (κ3) is 6.01. The van der Waals surface area contributed by atoms with Crippen molar-refractivity contribution in [3.8, 4) is 22.8 Å². The zero-order valence-electron chi connectivity index (χ0n) is 21.4. The number of thiazole rings is 1. The number of nitrogens with two attached hydrogens (primary N) is 1. The molecule has 3 heterocycles. The smallest absolute Gasteiger partial charge is 0.277 e. The second kappa shape index (κ2) is 12.0. The number of rotatable bonds is 10. The molecule has 3 N–H and O–H groups in total. The van der Waals surface area contributed by atoms with Crippen molar-refractivity contribution in [2.24, 2.45) is 5.73 Å². The van der Waals surface area contributed by atoms with E-state index in [-0.39, 0.29) is 5.01 Å². The van der Waals surface area contributed by atoms with Crippen LogP contribution in [0.3, 0.4) is 0 Å². The number of nitrogens with zero attached hydrogens (tertiary/aromatic N) is 4. The quantitative estimate of drug-likeness (QED) is 0.283. The van der Waals surface area contributed by atoms with Gasteiger partial charge in [0.05, 0.1) is 31.0 Å². The van der Waals surface area contributed by atoms with Crippen LogP contribution in [0, 0.1) is 0 Å². The molecule has 0 saturated carbocycles. The molecule has 1 aliphatic rings. The van der Waals surface area contributed by atoms with Crippen LogP contribution in [-0.4, -0.2) is 63.6 Å². The standard InChI is InChI=1S/C27H30N6O3S2/c1-3-35-22-13-19-20(14-23(22)36-4-2)30-24(15-33-8-10-37-11-9-33)32-26(19)29-18-7-5-6-17(12-18)21-16-38-27(31-21)25(28)34/h5-7,12-14,16H,3-4,8-11,15H2,1-2H3,(H2,28,34)(H,29,30,32). The van der Waals surface area contributed by atoms with Crippen molar-refractivity contribution in [3.05, 3.63) is 52.6 Å². The van der Waals surface area contributed by atoms with Gasteiger partial charge in [0.2, 0.25) is 0 Å². The molecule has 11 heteroatoms. The number of benzene rings is 2. The van der Waals surface area contributed by atoms with E-state index < -0.39 is 5.91 Å². The first-order valence-corrected chi connectivity index (χ1v) is 14.6. The summed E-state index contributed by atoms with van der Waals surface area (Å²) in [5.74, 6) is 4.47. The van der Waals surface area contributed by atoms with Crippen LogP contribution in [0.1, 0.15) is 29.5 Å². The van der Waals surface area contributed by atoms with Crippen LogP contribution in [0.15, 0.2) is 41.8 Å². The molecule has 0 spiro atoms. The molecule has 0 aliphatic carbocycles. The lowest BCUT2D eigenvalue weighted by Gasteiger charge is -2.25. The third-order valence-electron chi connectivity index (χ3n) is 6.01. The van der Waals surface area contributed by atoms with Crippen LogP contribution >= 0.6 is 23.1 Å². The van der Waals surface area contributed by atoms with Gasteiger partial charge >= 0.3 is 0 Å². The van der Waals surface area contributed by atoms with Gasteiger partial charge in [-0.3, -0.25) is 9.69 Å². The molecule has 0 bridgehead atoms. The fraction of sp³-hybridized carbons (Fsp3) is 0.333. The lowest BCUT2D eigenvalue weighted by Crippen LogP contribution is -2.32. The summed E-state index contributed by atoms with van der Waals surface area (Å²) < 4.78 is 11.8. The Balaban J connectivity index is 1.54. The van der Waals surface area contributed by atoms with Gasteiger partial charge in [-0.05, 0) is 32.0 Å². The maximum absolute atomic E-state index is 11.5. The maximum Gasteiger partial charge on any atom is 0.277 e. The number of fused-ring (bicyclic) bond motifs is 1. The fourth-order valence-corrected chi connectivity index (χ4v) is 5.92. The molecule has 0 atom stereocenters. The Hall–Kier alpha value is -3.41. The second-order valence-corrected chi connectivity index (χ2v) is 10.7. The van der Waals surface area contributed by atoms with E-state index in [2.05, 4.69) is 15.2 Å².